The number of fused-ring (bicyclic) bond motifs is 1. The van der Waals surface area contributed by atoms with Crippen LogP contribution in [0.4, 0.5) is 13.2 Å². The molecule has 0 heterocycles. The molecule has 0 bridgehead atoms. The maximum atomic E-state index is 14.2. The van der Waals surface area contributed by atoms with E-state index in [1.54, 1.807) is 24.3 Å². The third-order valence-corrected chi connectivity index (χ3v) is 4.22. The van der Waals surface area contributed by atoms with E-state index >= 15 is 0 Å². The molecule has 0 aliphatic carbocycles. The van der Waals surface area contributed by atoms with Crippen LogP contribution in [-0.2, 0) is 4.79 Å². The maximum absolute atomic E-state index is 14.2. The number of hydrogen-bond donors (Lipinski definition) is 0. The zero-order chi connectivity index (χ0) is 20.4. The Kier molecular flexibility index (Phi) is 5.43. The van der Waals surface area contributed by atoms with Gasteiger partial charge in [-0.15, -0.1) is 0 Å². The van der Waals surface area contributed by atoms with Crippen molar-refractivity contribution in [2.24, 2.45) is 0 Å². The van der Waals surface area contributed by atoms with Crippen molar-refractivity contribution in [2.45, 2.75) is 13.0 Å². The summed E-state index contributed by atoms with van der Waals surface area (Å²) in [6, 6.07) is 11.3. The van der Waals surface area contributed by atoms with Gasteiger partial charge in [-0.05, 0) is 36.7 Å². The second-order valence-electron chi connectivity index (χ2n) is 5.75. The molecule has 3 aromatic rings. The summed E-state index contributed by atoms with van der Waals surface area (Å²) < 4.78 is 52.9. The van der Waals surface area contributed by atoms with E-state index in [4.69, 9.17) is 26.3 Å². The molecule has 3 aromatic carbocycles. The van der Waals surface area contributed by atoms with Crippen LogP contribution in [0.25, 0.3) is 10.8 Å². The first-order valence-electron chi connectivity index (χ1n) is 7.96. The van der Waals surface area contributed by atoms with Gasteiger partial charge in [0.25, 0.3) is 5.24 Å². The highest BCUT2D eigenvalue weighted by Crippen LogP contribution is 2.37. The lowest BCUT2D eigenvalue weighted by Gasteiger charge is -2.15. The van der Waals surface area contributed by atoms with Crippen LogP contribution in [-0.4, -0.2) is 11.3 Å². The molecular weight excluding hydrogens is 395 g/mol. The van der Waals surface area contributed by atoms with E-state index in [1.165, 1.54) is 25.1 Å². The van der Waals surface area contributed by atoms with E-state index in [0.29, 0.717) is 22.6 Å². The van der Waals surface area contributed by atoms with Crippen molar-refractivity contribution in [2.75, 3.05) is 0 Å². The number of carbonyl (C=O) groups is 1. The average molecular weight is 406 g/mol. The van der Waals surface area contributed by atoms with Crippen molar-refractivity contribution >= 4 is 27.6 Å². The Balaban J connectivity index is 2.08. The first-order chi connectivity index (χ1) is 13.3. The Morgan fingerprint density at radius 1 is 1.07 bits per heavy atom. The van der Waals surface area contributed by atoms with Gasteiger partial charge in [-0.1, -0.05) is 24.3 Å². The van der Waals surface area contributed by atoms with Crippen LogP contribution < -0.4 is 9.47 Å². The monoisotopic (exact) mass is 405 g/mol. The van der Waals surface area contributed by atoms with Gasteiger partial charge in [-0.2, -0.15) is 9.65 Å². The van der Waals surface area contributed by atoms with Crippen LogP contribution in [0.1, 0.15) is 12.5 Å². The highest BCUT2D eigenvalue weighted by Gasteiger charge is 2.22. The molecule has 8 heteroatoms. The molecule has 0 radical (unpaired) electrons. The molecule has 0 fully saturated rings. The number of nitriles is 1. The number of ether oxygens (including phenoxy) is 2. The molecule has 0 N–H and O–H groups in total. The molecular formula is C20H11ClF3NO3. The Bertz CT molecular complexity index is 1130. The van der Waals surface area contributed by atoms with Gasteiger partial charge >= 0.3 is 0 Å². The van der Waals surface area contributed by atoms with E-state index in [-0.39, 0.29) is 5.75 Å². The number of rotatable bonds is 5. The normalized spacial score (nSPS) is 11.7. The SMILES string of the molecule is CC(Oc1cccc2c(Oc3c(F)cc(C#N)c(F)c3F)cccc12)C(=O)Cl. The van der Waals surface area contributed by atoms with Gasteiger partial charge in [0, 0.05) is 10.8 Å². The first kappa shape index (κ1) is 19.5. The standard InChI is InChI=1S/C20H11ClF3NO3/c1-10(20(21)26)27-15-6-2-5-13-12(15)4-3-7-16(13)28-19-14(22)8-11(9-25)17(23)18(19)24/h2-8,10H,1H3. The molecule has 142 valence electrons. The lowest BCUT2D eigenvalue weighted by Crippen LogP contribution is -2.18. The number of nitrogens with zero attached hydrogens (tertiary/aromatic N) is 1. The third kappa shape index (κ3) is 3.59. The molecule has 0 aromatic heterocycles. The van der Waals surface area contributed by atoms with Crippen molar-refractivity contribution in [3.8, 4) is 23.3 Å². The number of hydrogen-bond acceptors (Lipinski definition) is 4. The molecule has 28 heavy (non-hydrogen) atoms. The van der Waals surface area contributed by atoms with Gasteiger partial charge in [0.2, 0.25) is 11.6 Å². The van der Waals surface area contributed by atoms with Crippen LogP contribution in [0.3, 0.4) is 0 Å². The molecule has 0 aliphatic rings. The second kappa shape index (κ2) is 7.79. The number of halogens is 4. The van der Waals surface area contributed by atoms with Crippen molar-refractivity contribution in [3.05, 3.63) is 65.5 Å². The van der Waals surface area contributed by atoms with Crippen LogP contribution in [0.5, 0.6) is 17.2 Å². The predicted octanol–water partition coefficient (Wildman–Crippen LogP) is 5.45. The van der Waals surface area contributed by atoms with Crippen molar-refractivity contribution in [1.82, 2.24) is 0 Å². The summed E-state index contributed by atoms with van der Waals surface area (Å²) in [5, 5.41) is 8.91. The molecule has 3 rings (SSSR count). The minimum absolute atomic E-state index is 0.0229. The number of carbonyl (C=O) groups excluding carboxylic acids is 1. The van der Waals surface area contributed by atoms with Gasteiger partial charge in [0.15, 0.2) is 17.7 Å². The van der Waals surface area contributed by atoms with Gasteiger partial charge in [0.05, 0.1) is 5.56 Å². The average Bonchev–Trinajstić information content (AvgIpc) is 2.68. The molecule has 4 nitrogen and oxygen atoms in total. The molecule has 0 saturated heterocycles. The third-order valence-electron chi connectivity index (χ3n) is 3.91. The van der Waals surface area contributed by atoms with Gasteiger partial charge in [-0.3, -0.25) is 4.79 Å². The second-order valence-corrected chi connectivity index (χ2v) is 6.12. The van der Waals surface area contributed by atoms with Crippen LogP contribution in [0.2, 0.25) is 0 Å². The van der Waals surface area contributed by atoms with E-state index in [0.717, 1.165) is 0 Å². The minimum Gasteiger partial charge on any atom is -0.481 e. The van der Waals surface area contributed by atoms with Gasteiger partial charge < -0.3 is 9.47 Å². The fraction of sp³-hybridized carbons (Fsp3) is 0.100. The Hall–Kier alpha value is -3.24. The summed E-state index contributed by atoms with van der Waals surface area (Å²) in [7, 11) is 0. The summed E-state index contributed by atoms with van der Waals surface area (Å²) in [6.07, 6.45) is -0.917. The van der Waals surface area contributed by atoms with E-state index in [9.17, 15) is 18.0 Å². The highest BCUT2D eigenvalue weighted by molar-refractivity contribution is 6.64. The quantitative estimate of drug-likeness (QED) is 0.418. The van der Waals surface area contributed by atoms with Crippen molar-refractivity contribution in [1.29, 1.82) is 5.26 Å². The van der Waals surface area contributed by atoms with Crippen LogP contribution >= 0.6 is 11.6 Å². The maximum Gasteiger partial charge on any atom is 0.262 e. The van der Waals surface area contributed by atoms with Crippen LogP contribution in [0, 0.1) is 28.8 Å². The summed E-state index contributed by atoms with van der Waals surface area (Å²) in [5.74, 6) is -4.98. The lowest BCUT2D eigenvalue weighted by molar-refractivity contribution is -0.117. The molecule has 0 spiro atoms. The fourth-order valence-electron chi connectivity index (χ4n) is 2.54. The first-order valence-corrected chi connectivity index (χ1v) is 8.34. The molecule has 0 amide bonds. The van der Waals surface area contributed by atoms with Crippen LogP contribution in [0.15, 0.2) is 42.5 Å². The predicted molar refractivity (Wildman–Crippen MR) is 96.0 cm³/mol. The summed E-state index contributed by atoms with van der Waals surface area (Å²) >= 11 is 5.41. The van der Waals surface area contributed by atoms with Crippen molar-refractivity contribution in [3.63, 3.8) is 0 Å². The Morgan fingerprint density at radius 3 is 2.29 bits per heavy atom. The largest absolute Gasteiger partial charge is 0.481 e. The van der Waals surface area contributed by atoms with E-state index in [1.807, 2.05) is 0 Å². The van der Waals surface area contributed by atoms with Gasteiger partial charge in [-0.25, -0.2) is 8.78 Å². The number of benzene rings is 3. The zero-order valence-corrected chi connectivity index (χ0v) is 15.1. The van der Waals surface area contributed by atoms with E-state index in [2.05, 4.69) is 0 Å². The Labute approximate surface area is 162 Å². The Morgan fingerprint density at radius 2 is 1.68 bits per heavy atom. The molecule has 1 unspecified atom stereocenters. The molecule has 0 saturated carbocycles. The smallest absolute Gasteiger partial charge is 0.262 e. The lowest BCUT2D eigenvalue weighted by atomic mass is 10.1. The summed E-state index contributed by atoms with van der Waals surface area (Å²) in [5.41, 5.74) is -0.768. The van der Waals surface area contributed by atoms with Crippen molar-refractivity contribution < 1.29 is 27.4 Å². The zero-order valence-electron chi connectivity index (χ0n) is 14.3. The fourth-order valence-corrected chi connectivity index (χ4v) is 2.59. The topological polar surface area (TPSA) is 59.3 Å². The summed E-state index contributed by atoms with van der Waals surface area (Å²) in [6.45, 7) is 1.47. The van der Waals surface area contributed by atoms with Gasteiger partial charge in [0.1, 0.15) is 17.6 Å². The van der Waals surface area contributed by atoms with E-state index < -0.39 is 40.1 Å². The molecule has 0 aliphatic heterocycles. The minimum atomic E-state index is -1.61. The summed E-state index contributed by atoms with van der Waals surface area (Å²) in [4.78, 5) is 11.2. The molecule has 1 atom stereocenters. The highest BCUT2D eigenvalue weighted by atomic mass is 35.5.